The highest BCUT2D eigenvalue weighted by Crippen LogP contribution is 2.52. The Morgan fingerprint density at radius 1 is 1.23 bits per heavy atom. The number of amides is 2. The van der Waals surface area contributed by atoms with Crippen molar-refractivity contribution in [1.82, 2.24) is 19.8 Å². The molecule has 3 aliphatic carbocycles. The van der Waals surface area contributed by atoms with Crippen LogP contribution < -0.4 is 16.4 Å². The number of phenols is 1. The number of phenolic OH excluding ortho intramolecular Hbond substituents is 1. The second-order valence-electron chi connectivity index (χ2n) is 11.5. The van der Waals surface area contributed by atoms with E-state index in [0.29, 0.717) is 17.9 Å². The lowest BCUT2D eigenvalue weighted by atomic mass is 9.58. The van der Waals surface area contributed by atoms with Crippen molar-refractivity contribution in [2.45, 2.75) is 44.0 Å². The number of fused-ring (bicyclic) bond motifs is 3. The van der Waals surface area contributed by atoms with Crippen LogP contribution in [0.25, 0.3) is 0 Å². The molecule has 1 aromatic carbocycles. The van der Waals surface area contributed by atoms with Gasteiger partial charge in [-0.1, -0.05) is 6.07 Å². The number of rotatable bonds is 7. The van der Waals surface area contributed by atoms with Gasteiger partial charge in [-0.2, -0.15) is 0 Å². The van der Waals surface area contributed by atoms with Crippen molar-refractivity contribution in [2.75, 3.05) is 19.4 Å². The number of primary amides is 1. The molecule has 0 fully saturated rings. The first-order valence-corrected chi connectivity index (χ1v) is 13.7. The number of aliphatic hydroxyl groups excluding tert-OH is 2. The largest absolute Gasteiger partial charge is 0.510 e. The number of likely N-dealkylation sites (N-methyl/N-ethyl adjacent to an activating group) is 1. The monoisotopic (exact) mass is 594 g/mol. The van der Waals surface area contributed by atoms with Crippen LogP contribution in [0.2, 0.25) is 0 Å². The Morgan fingerprint density at radius 3 is 2.53 bits per heavy atom. The van der Waals surface area contributed by atoms with Crippen molar-refractivity contribution in [3.63, 3.8) is 0 Å². The predicted octanol–water partition coefficient (Wildman–Crippen LogP) is -0.0291. The Labute approximate surface area is 246 Å². The Hall–Kier alpha value is -4.53. The summed E-state index contributed by atoms with van der Waals surface area (Å²) in [4.78, 5) is 57.9. The average Bonchev–Trinajstić information content (AvgIpc) is 3.34. The van der Waals surface area contributed by atoms with Crippen LogP contribution in [-0.2, 0) is 34.4 Å². The van der Waals surface area contributed by atoms with Crippen LogP contribution in [0, 0.1) is 11.8 Å². The molecule has 4 unspecified atom stereocenters. The molecule has 2 amide bonds. The molecular weight excluding hydrogens is 560 g/mol. The molecule has 0 aliphatic heterocycles. The summed E-state index contributed by atoms with van der Waals surface area (Å²) >= 11 is 0. The third-order valence-corrected chi connectivity index (χ3v) is 8.73. The number of benzene rings is 1. The first-order chi connectivity index (χ1) is 20.2. The van der Waals surface area contributed by atoms with Crippen LogP contribution >= 0.6 is 0 Å². The van der Waals surface area contributed by atoms with Gasteiger partial charge < -0.3 is 36.0 Å². The summed E-state index contributed by atoms with van der Waals surface area (Å²) < 4.78 is 1.80. The number of carbonyl (C=O) groups is 4. The Morgan fingerprint density at radius 2 is 1.93 bits per heavy atom. The first-order valence-electron chi connectivity index (χ1n) is 13.7. The van der Waals surface area contributed by atoms with Crippen molar-refractivity contribution in [1.29, 1.82) is 0 Å². The van der Waals surface area contributed by atoms with Gasteiger partial charge in [-0.15, -0.1) is 0 Å². The van der Waals surface area contributed by atoms with Crippen LogP contribution in [-0.4, -0.2) is 90.0 Å². The predicted molar refractivity (Wildman–Crippen MR) is 152 cm³/mol. The Kier molecular flexibility index (Phi) is 7.40. The quantitative estimate of drug-likeness (QED) is 0.167. The lowest BCUT2D eigenvalue weighted by Gasteiger charge is -2.50. The van der Waals surface area contributed by atoms with Gasteiger partial charge in [-0.25, -0.2) is 4.98 Å². The van der Waals surface area contributed by atoms with Gasteiger partial charge in [0.15, 0.2) is 17.1 Å². The van der Waals surface area contributed by atoms with E-state index in [4.69, 9.17) is 5.73 Å². The van der Waals surface area contributed by atoms with Crippen molar-refractivity contribution in [3.8, 4) is 5.75 Å². The molecule has 0 saturated heterocycles. The first kappa shape index (κ1) is 29.9. The summed E-state index contributed by atoms with van der Waals surface area (Å²) in [5.41, 5.74) is 1.70. The van der Waals surface area contributed by atoms with Crippen LogP contribution in [0.5, 0.6) is 5.75 Å². The lowest BCUT2D eigenvalue weighted by Crippen LogP contribution is -2.63. The topological polar surface area (TPSA) is 220 Å². The van der Waals surface area contributed by atoms with Crippen molar-refractivity contribution in [2.24, 2.45) is 24.6 Å². The highest BCUT2D eigenvalue weighted by molar-refractivity contribution is 6.25. The van der Waals surface area contributed by atoms with Gasteiger partial charge in [-0.3, -0.25) is 29.4 Å². The number of ketones is 2. The van der Waals surface area contributed by atoms with E-state index < -0.39 is 75.7 Å². The highest BCUT2D eigenvalue weighted by Gasteiger charge is 2.63. The lowest BCUT2D eigenvalue weighted by molar-refractivity contribution is -0.148. The minimum absolute atomic E-state index is 0.00973. The van der Waals surface area contributed by atoms with E-state index in [9.17, 15) is 39.6 Å². The van der Waals surface area contributed by atoms with Gasteiger partial charge >= 0.3 is 0 Å². The second-order valence-corrected chi connectivity index (χ2v) is 11.5. The molecule has 0 spiro atoms. The zero-order valence-electron chi connectivity index (χ0n) is 24.1. The van der Waals surface area contributed by atoms with Gasteiger partial charge in [0, 0.05) is 30.9 Å². The van der Waals surface area contributed by atoms with Gasteiger partial charge in [0.25, 0.3) is 5.91 Å². The second kappa shape index (κ2) is 10.6. The van der Waals surface area contributed by atoms with E-state index in [-0.39, 0.29) is 29.7 Å². The number of nitrogens with zero attached hydrogens (tertiary/aromatic N) is 3. The van der Waals surface area contributed by atoms with Crippen LogP contribution in [0.3, 0.4) is 0 Å². The number of hydrogen-bond acceptors (Lipinski definition) is 11. The van der Waals surface area contributed by atoms with E-state index in [1.165, 1.54) is 11.0 Å². The minimum Gasteiger partial charge on any atom is -0.510 e. The molecule has 8 N–H and O–H groups in total. The third-order valence-electron chi connectivity index (χ3n) is 8.73. The molecule has 14 nitrogen and oxygen atoms in total. The zero-order valence-corrected chi connectivity index (χ0v) is 24.1. The van der Waals surface area contributed by atoms with Crippen LogP contribution in [0.15, 0.2) is 47.2 Å². The number of anilines is 1. The summed E-state index contributed by atoms with van der Waals surface area (Å²) in [5.74, 6) is -7.10. The fraction of sp³-hybridized carbons (Fsp3) is 0.414. The number of aromatic hydroxyl groups is 1. The molecule has 0 saturated carbocycles. The number of aliphatic hydroxyl groups is 3. The molecule has 0 radical (unpaired) electrons. The van der Waals surface area contributed by atoms with Crippen molar-refractivity contribution in [3.05, 3.63) is 64.1 Å². The van der Waals surface area contributed by atoms with Gasteiger partial charge in [0.1, 0.15) is 22.9 Å². The van der Waals surface area contributed by atoms with Crippen molar-refractivity contribution < 1.29 is 39.6 Å². The molecule has 5 atom stereocenters. The van der Waals surface area contributed by atoms with Crippen LogP contribution in [0.4, 0.5) is 5.69 Å². The normalized spacial score (nSPS) is 25.8. The maximum atomic E-state index is 13.8. The Balaban J connectivity index is 1.48. The van der Waals surface area contributed by atoms with Gasteiger partial charge in [0.05, 0.1) is 29.9 Å². The summed E-state index contributed by atoms with van der Waals surface area (Å²) in [6, 6.07) is 1.29. The van der Waals surface area contributed by atoms with Gasteiger partial charge in [0.2, 0.25) is 11.7 Å². The Bertz CT molecular complexity index is 1620. The molecule has 2 aromatic rings. The number of aryl methyl sites for hydroxylation is 1. The van der Waals surface area contributed by atoms with E-state index in [1.807, 2.05) is 7.05 Å². The fourth-order valence-corrected chi connectivity index (χ4v) is 6.47. The molecule has 14 heteroatoms. The van der Waals surface area contributed by atoms with Gasteiger partial charge in [-0.05, 0) is 51.4 Å². The molecular formula is C29H34N6O8. The smallest absolute Gasteiger partial charge is 0.255 e. The molecule has 5 rings (SSSR count). The minimum atomic E-state index is -2.72. The number of imidazole rings is 1. The van der Waals surface area contributed by atoms with E-state index in [1.54, 1.807) is 44.0 Å². The van der Waals surface area contributed by atoms with Crippen molar-refractivity contribution >= 4 is 29.1 Å². The number of Topliss-reactive ketones (excluding diaryl/α,β-unsaturated/α-hetero) is 2. The van der Waals surface area contributed by atoms with E-state index in [0.717, 1.165) is 0 Å². The summed E-state index contributed by atoms with van der Waals surface area (Å²) in [5, 5.41) is 50.7. The SMILES string of the molecule is CC(NCc1nccn1C)C(=O)Nc1ccc2c(c1O)C(=O)C1=C(O)C3(O)C(=O)C(C(N)=O)=C(O)[C@@H](N(C)C)C3CC1C2. The average molecular weight is 595 g/mol. The summed E-state index contributed by atoms with van der Waals surface area (Å²) in [6.07, 6.45) is 3.55. The fourth-order valence-electron chi connectivity index (χ4n) is 6.47. The molecule has 43 heavy (non-hydrogen) atoms. The number of aromatic nitrogens is 2. The highest BCUT2D eigenvalue weighted by atomic mass is 16.3. The summed E-state index contributed by atoms with van der Waals surface area (Å²) in [7, 11) is 4.95. The maximum absolute atomic E-state index is 13.8. The third kappa shape index (κ3) is 4.58. The molecule has 3 aliphatic rings. The molecule has 1 heterocycles. The molecule has 0 bridgehead atoms. The molecule has 1 aromatic heterocycles. The van der Waals surface area contributed by atoms with E-state index in [2.05, 4.69) is 15.6 Å². The molecule has 228 valence electrons. The summed E-state index contributed by atoms with van der Waals surface area (Å²) in [6.45, 7) is 1.93. The zero-order chi connectivity index (χ0) is 31.5. The number of nitrogens with two attached hydrogens (primary N) is 1. The standard InChI is InChI=1S/C29H34N6O8/c1-12(32-11-17-31-7-8-35(17)4)28(42)33-16-6-5-13-9-14-10-15-21(34(2)3)24(38)20(27(30)41)26(40)29(15,43)25(39)19(14)23(37)18(13)22(16)36/h5-8,12,14-15,21,32,36,38-39,43H,9-11H2,1-4H3,(H2,30,41)(H,33,42)/t12?,14?,15?,21-,29?/m0/s1. The maximum Gasteiger partial charge on any atom is 0.255 e. The number of nitrogens with one attached hydrogen (secondary N) is 2. The van der Waals surface area contributed by atoms with E-state index >= 15 is 0 Å². The number of allylic oxidation sites excluding steroid dienone is 1. The number of hydrogen-bond donors (Lipinski definition) is 7. The van der Waals surface area contributed by atoms with Crippen LogP contribution in [0.1, 0.15) is 35.1 Å². The number of carbonyl (C=O) groups excluding carboxylic acids is 4.